The van der Waals surface area contributed by atoms with Crippen LogP contribution in [0.2, 0.25) is 0 Å². The summed E-state index contributed by atoms with van der Waals surface area (Å²) in [7, 11) is 0. The van der Waals surface area contributed by atoms with Crippen LogP contribution in [-0.4, -0.2) is 71.5 Å². The molecule has 0 spiro atoms. The minimum absolute atomic E-state index is 0.0230. The maximum Gasteiger partial charge on any atom is 0.311 e. The van der Waals surface area contributed by atoms with E-state index in [1.165, 1.54) is 12.1 Å². The molecule has 0 saturated carbocycles. The van der Waals surface area contributed by atoms with Gasteiger partial charge < -0.3 is 19.3 Å². The van der Waals surface area contributed by atoms with E-state index in [0.717, 1.165) is 0 Å². The van der Waals surface area contributed by atoms with Gasteiger partial charge in [0.2, 0.25) is 5.91 Å². The normalized spacial score (nSPS) is 22.6. The number of ether oxygens (including phenoxy) is 2. The minimum Gasteiger partial charge on any atom is -0.487 e. The number of hydrogen-bond acceptors (Lipinski definition) is 6. The predicted molar refractivity (Wildman–Crippen MR) is 109 cm³/mol. The largest absolute Gasteiger partial charge is 0.487 e. The molecule has 9 heteroatoms. The van der Waals surface area contributed by atoms with E-state index in [9.17, 15) is 19.7 Å². The van der Waals surface area contributed by atoms with E-state index in [1.807, 2.05) is 18.7 Å². The van der Waals surface area contributed by atoms with Gasteiger partial charge in [-0.3, -0.25) is 19.7 Å². The van der Waals surface area contributed by atoms with Gasteiger partial charge >= 0.3 is 5.69 Å². The van der Waals surface area contributed by atoms with Crippen molar-refractivity contribution in [3.8, 4) is 5.75 Å². The maximum atomic E-state index is 12.9. The summed E-state index contributed by atoms with van der Waals surface area (Å²) in [4.78, 5) is 40.0. The molecule has 1 aromatic carbocycles. The Hall–Kier alpha value is -2.68. The van der Waals surface area contributed by atoms with E-state index in [4.69, 9.17) is 9.47 Å². The fourth-order valence-electron chi connectivity index (χ4n) is 4.20. The summed E-state index contributed by atoms with van der Waals surface area (Å²) in [5, 5.41) is 11.3. The first-order valence-corrected chi connectivity index (χ1v) is 10.4. The van der Waals surface area contributed by atoms with Crippen LogP contribution in [0.5, 0.6) is 5.75 Å². The molecule has 9 nitrogen and oxygen atoms in total. The van der Waals surface area contributed by atoms with Crippen LogP contribution in [0.25, 0.3) is 0 Å². The van der Waals surface area contributed by atoms with Crippen molar-refractivity contribution in [1.29, 1.82) is 0 Å². The highest BCUT2D eigenvalue weighted by Gasteiger charge is 2.34. The number of likely N-dealkylation sites (tertiary alicyclic amines) is 1. The smallest absolute Gasteiger partial charge is 0.311 e. The van der Waals surface area contributed by atoms with Crippen LogP contribution in [-0.2, 0) is 9.53 Å². The third kappa shape index (κ3) is 4.89. The average Bonchev–Trinajstić information content (AvgIpc) is 2.72. The summed E-state index contributed by atoms with van der Waals surface area (Å²) >= 11 is 0. The van der Waals surface area contributed by atoms with Crippen LogP contribution in [0.4, 0.5) is 5.69 Å². The zero-order valence-corrected chi connectivity index (χ0v) is 17.7. The van der Waals surface area contributed by atoms with E-state index in [1.54, 1.807) is 17.9 Å². The number of nitro benzene ring substituents is 1. The molecule has 2 fully saturated rings. The zero-order valence-electron chi connectivity index (χ0n) is 17.7. The monoisotopic (exact) mass is 419 g/mol. The summed E-state index contributed by atoms with van der Waals surface area (Å²) in [6.45, 7) is 8.07. The molecule has 30 heavy (non-hydrogen) atoms. The van der Waals surface area contributed by atoms with Gasteiger partial charge in [0.05, 0.1) is 23.7 Å². The number of carbonyl (C=O) groups is 2. The van der Waals surface area contributed by atoms with Crippen molar-refractivity contribution in [3.63, 3.8) is 0 Å². The molecule has 2 unspecified atom stereocenters. The Kier molecular flexibility index (Phi) is 6.91. The molecule has 0 aromatic heterocycles. The first-order chi connectivity index (χ1) is 14.3. The molecule has 2 amide bonds. The van der Waals surface area contributed by atoms with Crippen molar-refractivity contribution in [2.45, 2.75) is 45.8 Å². The number of piperidine rings is 1. The molecular weight excluding hydrogens is 390 g/mol. The lowest BCUT2D eigenvalue weighted by Crippen LogP contribution is -2.51. The number of amides is 2. The SMILES string of the molecule is CCOc1ccc(C(=O)N2CCC(C(=O)N3CC(C)OC(C)C3)CC2)cc1[N+](=O)[O-]. The average molecular weight is 419 g/mol. The van der Waals surface area contributed by atoms with Gasteiger partial charge in [-0.1, -0.05) is 0 Å². The van der Waals surface area contributed by atoms with Crippen molar-refractivity contribution < 1.29 is 24.0 Å². The van der Waals surface area contributed by atoms with Crippen LogP contribution < -0.4 is 4.74 Å². The minimum atomic E-state index is -0.545. The number of nitro groups is 1. The van der Waals surface area contributed by atoms with E-state index in [2.05, 4.69) is 0 Å². The fourth-order valence-corrected chi connectivity index (χ4v) is 4.20. The van der Waals surface area contributed by atoms with Gasteiger partial charge in [0.25, 0.3) is 5.91 Å². The summed E-state index contributed by atoms with van der Waals surface area (Å²) in [5.74, 6) is -0.0972. The number of rotatable bonds is 5. The van der Waals surface area contributed by atoms with Crippen molar-refractivity contribution in [3.05, 3.63) is 33.9 Å². The van der Waals surface area contributed by atoms with Gasteiger partial charge in [-0.25, -0.2) is 0 Å². The summed E-state index contributed by atoms with van der Waals surface area (Å²) < 4.78 is 11.0. The molecule has 1 aromatic rings. The van der Waals surface area contributed by atoms with E-state index in [-0.39, 0.29) is 46.9 Å². The molecule has 2 aliphatic rings. The molecule has 2 atom stereocenters. The standard InChI is InChI=1S/C21H29N3O6/c1-4-29-19-6-5-17(11-18(19)24(27)28)21(26)22-9-7-16(8-10-22)20(25)23-12-14(2)30-15(3)13-23/h5-6,11,14-16H,4,7-10,12-13H2,1-3H3. The second kappa shape index (κ2) is 9.42. The lowest BCUT2D eigenvalue weighted by molar-refractivity contribution is -0.385. The highest BCUT2D eigenvalue weighted by Crippen LogP contribution is 2.29. The van der Waals surface area contributed by atoms with Crippen molar-refractivity contribution in [2.24, 2.45) is 5.92 Å². The second-order valence-corrected chi connectivity index (χ2v) is 7.94. The highest BCUT2D eigenvalue weighted by atomic mass is 16.6. The summed E-state index contributed by atoms with van der Waals surface area (Å²) in [6.07, 6.45) is 1.22. The summed E-state index contributed by atoms with van der Waals surface area (Å²) in [5.41, 5.74) is 0.0362. The number of carbonyl (C=O) groups excluding carboxylic acids is 2. The number of morpholine rings is 1. The van der Waals surface area contributed by atoms with Crippen LogP contribution in [0, 0.1) is 16.0 Å². The van der Waals surface area contributed by atoms with Crippen LogP contribution in [0.15, 0.2) is 18.2 Å². The second-order valence-electron chi connectivity index (χ2n) is 7.94. The van der Waals surface area contributed by atoms with Gasteiger partial charge in [-0.2, -0.15) is 0 Å². The fraction of sp³-hybridized carbons (Fsp3) is 0.619. The summed E-state index contributed by atoms with van der Waals surface area (Å²) in [6, 6.07) is 4.28. The predicted octanol–water partition coefficient (Wildman–Crippen LogP) is 2.48. The molecule has 0 N–H and O–H groups in total. The van der Waals surface area contributed by atoms with E-state index in [0.29, 0.717) is 45.6 Å². The zero-order chi connectivity index (χ0) is 21.8. The Morgan fingerprint density at radius 2 is 1.80 bits per heavy atom. The third-order valence-electron chi connectivity index (χ3n) is 5.57. The van der Waals surface area contributed by atoms with E-state index < -0.39 is 4.92 Å². The van der Waals surface area contributed by atoms with Crippen molar-refractivity contribution in [2.75, 3.05) is 32.8 Å². The molecule has 164 valence electrons. The van der Waals surface area contributed by atoms with Gasteiger partial charge in [0.15, 0.2) is 5.75 Å². The Morgan fingerprint density at radius 3 is 2.37 bits per heavy atom. The molecule has 2 saturated heterocycles. The lowest BCUT2D eigenvalue weighted by Gasteiger charge is -2.39. The Bertz CT molecular complexity index is 796. The first-order valence-electron chi connectivity index (χ1n) is 10.4. The van der Waals surface area contributed by atoms with Crippen LogP contribution in [0.1, 0.15) is 44.0 Å². The highest BCUT2D eigenvalue weighted by molar-refractivity contribution is 5.95. The number of benzene rings is 1. The number of hydrogen-bond donors (Lipinski definition) is 0. The van der Waals surface area contributed by atoms with Gasteiger partial charge in [0.1, 0.15) is 0 Å². The molecule has 2 heterocycles. The Morgan fingerprint density at radius 1 is 1.17 bits per heavy atom. The third-order valence-corrected chi connectivity index (χ3v) is 5.57. The van der Waals surface area contributed by atoms with Gasteiger partial charge in [-0.15, -0.1) is 0 Å². The van der Waals surface area contributed by atoms with Crippen molar-refractivity contribution in [1.82, 2.24) is 9.80 Å². The first kappa shape index (κ1) is 22.0. The molecule has 2 aliphatic heterocycles. The molecule has 0 bridgehead atoms. The Balaban J connectivity index is 1.62. The van der Waals surface area contributed by atoms with Crippen LogP contribution >= 0.6 is 0 Å². The van der Waals surface area contributed by atoms with Gasteiger partial charge in [-0.05, 0) is 45.7 Å². The molecule has 0 aliphatic carbocycles. The van der Waals surface area contributed by atoms with Gasteiger partial charge in [0, 0.05) is 43.7 Å². The quantitative estimate of drug-likeness (QED) is 0.537. The maximum absolute atomic E-state index is 12.9. The van der Waals surface area contributed by atoms with Crippen LogP contribution in [0.3, 0.4) is 0 Å². The van der Waals surface area contributed by atoms with Crippen molar-refractivity contribution >= 4 is 17.5 Å². The molecule has 0 radical (unpaired) electrons. The lowest BCUT2D eigenvalue weighted by atomic mass is 9.94. The number of nitrogens with zero attached hydrogens (tertiary/aromatic N) is 3. The Labute approximate surface area is 176 Å². The van der Waals surface area contributed by atoms with E-state index >= 15 is 0 Å². The topological polar surface area (TPSA) is 102 Å². The molecule has 3 rings (SSSR count). The molecular formula is C21H29N3O6.